The number of benzene rings is 3. The number of hydrogen-bond donors (Lipinski definition) is 1. The number of carbonyl (C=O) groups excluding carboxylic acids is 1. The van der Waals surface area contributed by atoms with Crippen molar-refractivity contribution in [2.45, 2.75) is 19.0 Å². The molecule has 0 saturated carbocycles. The lowest BCUT2D eigenvalue weighted by atomic mass is 10.1. The van der Waals surface area contributed by atoms with Crippen molar-refractivity contribution in [2.75, 3.05) is 18.2 Å². The fraction of sp³-hybridized carbons (Fsp3) is 0.160. The van der Waals surface area contributed by atoms with E-state index in [0.717, 1.165) is 39.6 Å². The minimum Gasteiger partial charge on any atom is -0.497 e. The second kappa shape index (κ2) is 9.70. The lowest BCUT2D eigenvalue weighted by Crippen LogP contribution is -2.14. The monoisotopic (exact) mass is 444 g/mol. The highest BCUT2D eigenvalue weighted by Gasteiger charge is 2.17. The molecule has 0 aliphatic rings. The molecule has 162 valence electrons. The highest BCUT2D eigenvalue weighted by atomic mass is 32.2. The zero-order valence-corrected chi connectivity index (χ0v) is 19.0. The average Bonchev–Trinajstić information content (AvgIpc) is 3.22. The Bertz CT molecular complexity index is 1230. The first-order valence-electron chi connectivity index (χ1n) is 10.2. The molecule has 0 spiro atoms. The molecule has 7 heteroatoms. The maximum atomic E-state index is 12.5. The maximum absolute atomic E-state index is 12.5. The van der Waals surface area contributed by atoms with Crippen molar-refractivity contribution in [1.29, 1.82) is 0 Å². The van der Waals surface area contributed by atoms with Crippen LogP contribution < -0.4 is 10.1 Å². The first kappa shape index (κ1) is 21.6. The summed E-state index contributed by atoms with van der Waals surface area (Å²) < 4.78 is 7.26. The molecular formula is C25H24N4O2S. The number of nitrogens with one attached hydrogen (secondary N) is 1. The molecule has 0 atom stereocenters. The fourth-order valence-corrected chi connectivity index (χ4v) is 4.10. The van der Waals surface area contributed by atoms with Gasteiger partial charge in [0.15, 0.2) is 11.0 Å². The molecule has 0 fully saturated rings. The van der Waals surface area contributed by atoms with Crippen molar-refractivity contribution < 1.29 is 9.53 Å². The second-order valence-corrected chi connectivity index (χ2v) is 8.36. The first-order chi connectivity index (χ1) is 15.5. The normalized spacial score (nSPS) is 10.7. The van der Waals surface area contributed by atoms with Gasteiger partial charge in [-0.15, -0.1) is 10.2 Å². The summed E-state index contributed by atoms with van der Waals surface area (Å²) in [6, 6.07) is 23.6. The van der Waals surface area contributed by atoms with Crippen LogP contribution in [0.15, 0.2) is 78.0 Å². The lowest BCUT2D eigenvalue weighted by Gasteiger charge is -2.12. The molecule has 0 aliphatic heterocycles. The van der Waals surface area contributed by atoms with Crippen LogP contribution >= 0.6 is 11.8 Å². The van der Waals surface area contributed by atoms with Gasteiger partial charge in [0.05, 0.1) is 12.9 Å². The maximum Gasteiger partial charge on any atom is 0.234 e. The van der Waals surface area contributed by atoms with Crippen LogP contribution in [-0.4, -0.2) is 33.5 Å². The molecule has 6 nitrogen and oxygen atoms in total. The number of hydrogen-bond acceptors (Lipinski definition) is 5. The van der Waals surface area contributed by atoms with Gasteiger partial charge in [-0.25, -0.2) is 0 Å². The third-order valence-corrected chi connectivity index (χ3v) is 5.80. The fourth-order valence-electron chi connectivity index (χ4n) is 3.35. The van der Waals surface area contributed by atoms with Crippen LogP contribution in [0.2, 0.25) is 0 Å². The Morgan fingerprint density at radius 3 is 2.38 bits per heavy atom. The summed E-state index contributed by atoms with van der Waals surface area (Å²) in [6.07, 6.45) is 0. The van der Waals surface area contributed by atoms with E-state index in [-0.39, 0.29) is 11.7 Å². The molecule has 0 bridgehead atoms. The van der Waals surface area contributed by atoms with E-state index in [2.05, 4.69) is 21.6 Å². The van der Waals surface area contributed by atoms with Gasteiger partial charge in [0.1, 0.15) is 5.75 Å². The molecule has 32 heavy (non-hydrogen) atoms. The summed E-state index contributed by atoms with van der Waals surface area (Å²) in [5, 5.41) is 12.4. The van der Waals surface area contributed by atoms with Crippen LogP contribution in [-0.2, 0) is 4.79 Å². The highest BCUT2D eigenvalue weighted by Crippen LogP contribution is 2.29. The lowest BCUT2D eigenvalue weighted by molar-refractivity contribution is -0.113. The largest absolute Gasteiger partial charge is 0.497 e. The van der Waals surface area contributed by atoms with Crippen LogP contribution in [0.5, 0.6) is 5.75 Å². The molecule has 4 rings (SSSR count). The summed E-state index contributed by atoms with van der Waals surface area (Å²) >= 11 is 1.35. The second-order valence-electron chi connectivity index (χ2n) is 7.42. The van der Waals surface area contributed by atoms with E-state index >= 15 is 0 Å². The van der Waals surface area contributed by atoms with Gasteiger partial charge >= 0.3 is 0 Å². The van der Waals surface area contributed by atoms with Gasteiger partial charge in [-0.1, -0.05) is 47.7 Å². The molecule has 0 aliphatic carbocycles. The number of aromatic nitrogens is 3. The van der Waals surface area contributed by atoms with E-state index in [1.165, 1.54) is 11.8 Å². The Balaban J connectivity index is 1.61. The van der Waals surface area contributed by atoms with Gasteiger partial charge in [0.2, 0.25) is 5.91 Å². The van der Waals surface area contributed by atoms with Crippen molar-refractivity contribution in [2.24, 2.45) is 0 Å². The number of thioether (sulfide) groups is 1. The topological polar surface area (TPSA) is 69.0 Å². The molecule has 1 N–H and O–H groups in total. The van der Waals surface area contributed by atoms with E-state index < -0.39 is 0 Å². The number of amides is 1. The standard InChI is InChI=1S/C25H24N4O2S/c1-17-6-4-8-19(14-17)24-27-28-25(29(24)21-10-12-22(31-3)13-11-21)32-16-23(30)26-20-9-5-7-18(2)15-20/h4-15H,16H2,1-3H3,(H,26,30). The van der Waals surface area contributed by atoms with Gasteiger partial charge in [-0.05, 0) is 61.9 Å². The molecule has 0 saturated heterocycles. The van der Waals surface area contributed by atoms with Crippen molar-refractivity contribution >= 4 is 23.4 Å². The van der Waals surface area contributed by atoms with Crippen molar-refractivity contribution in [3.8, 4) is 22.8 Å². The summed E-state index contributed by atoms with van der Waals surface area (Å²) in [5.41, 5.74) is 4.88. The Labute approximate surface area is 191 Å². The van der Waals surface area contributed by atoms with E-state index in [1.807, 2.05) is 85.1 Å². The average molecular weight is 445 g/mol. The van der Waals surface area contributed by atoms with Crippen LogP contribution in [0.4, 0.5) is 5.69 Å². The molecule has 3 aromatic carbocycles. The Morgan fingerprint density at radius 1 is 0.969 bits per heavy atom. The van der Waals surface area contributed by atoms with Crippen molar-refractivity contribution in [3.05, 3.63) is 83.9 Å². The SMILES string of the molecule is COc1ccc(-n2c(SCC(=O)Nc3cccc(C)c3)nnc2-c2cccc(C)c2)cc1. The zero-order chi connectivity index (χ0) is 22.5. The van der Waals surface area contributed by atoms with Gasteiger partial charge in [-0.3, -0.25) is 9.36 Å². The van der Waals surface area contributed by atoms with Gasteiger partial charge in [-0.2, -0.15) is 0 Å². The summed E-state index contributed by atoms with van der Waals surface area (Å²) in [6.45, 7) is 4.04. The molecule has 1 aromatic heterocycles. The minimum atomic E-state index is -0.0954. The van der Waals surface area contributed by atoms with Crippen LogP contribution in [0.3, 0.4) is 0 Å². The van der Waals surface area contributed by atoms with Gasteiger partial charge in [0, 0.05) is 16.9 Å². The van der Waals surface area contributed by atoms with E-state index in [9.17, 15) is 4.79 Å². The zero-order valence-electron chi connectivity index (χ0n) is 18.2. The Hall–Kier alpha value is -3.58. The Morgan fingerprint density at radius 2 is 1.69 bits per heavy atom. The number of rotatable bonds is 7. The minimum absolute atomic E-state index is 0.0954. The van der Waals surface area contributed by atoms with Gasteiger partial charge < -0.3 is 10.1 Å². The van der Waals surface area contributed by atoms with E-state index in [1.54, 1.807) is 7.11 Å². The summed E-state index contributed by atoms with van der Waals surface area (Å²) in [5.74, 6) is 1.61. The quantitative estimate of drug-likeness (QED) is 0.392. The van der Waals surface area contributed by atoms with E-state index in [4.69, 9.17) is 4.74 Å². The number of aryl methyl sites for hydroxylation is 2. The summed E-state index contributed by atoms with van der Waals surface area (Å²) in [7, 11) is 1.64. The highest BCUT2D eigenvalue weighted by molar-refractivity contribution is 7.99. The molecule has 4 aromatic rings. The van der Waals surface area contributed by atoms with Crippen LogP contribution in [0.1, 0.15) is 11.1 Å². The number of nitrogens with zero attached hydrogens (tertiary/aromatic N) is 3. The number of anilines is 1. The molecule has 0 unspecified atom stereocenters. The van der Waals surface area contributed by atoms with Crippen LogP contribution in [0, 0.1) is 13.8 Å². The molecule has 0 radical (unpaired) electrons. The number of carbonyl (C=O) groups is 1. The van der Waals surface area contributed by atoms with Crippen LogP contribution in [0.25, 0.3) is 17.1 Å². The first-order valence-corrected chi connectivity index (χ1v) is 11.2. The predicted molar refractivity (Wildman–Crippen MR) is 129 cm³/mol. The third-order valence-electron chi connectivity index (χ3n) is 4.87. The molecule has 1 amide bonds. The number of methoxy groups -OCH3 is 1. The predicted octanol–water partition coefficient (Wildman–Crippen LogP) is 5.29. The third kappa shape index (κ3) is 5.00. The summed E-state index contributed by atoms with van der Waals surface area (Å²) in [4.78, 5) is 12.5. The smallest absolute Gasteiger partial charge is 0.234 e. The number of ether oxygens (including phenoxy) is 1. The molecular weight excluding hydrogens is 420 g/mol. The molecule has 1 heterocycles. The van der Waals surface area contributed by atoms with Gasteiger partial charge in [0.25, 0.3) is 0 Å². The van der Waals surface area contributed by atoms with E-state index in [0.29, 0.717) is 5.16 Å². The Kier molecular flexibility index (Phi) is 6.56. The van der Waals surface area contributed by atoms with Crippen molar-refractivity contribution in [1.82, 2.24) is 14.8 Å². The van der Waals surface area contributed by atoms with Crippen molar-refractivity contribution in [3.63, 3.8) is 0 Å².